The Bertz CT molecular complexity index is 783. The molecule has 1 fully saturated rings. The van der Waals surface area contributed by atoms with Crippen molar-refractivity contribution in [3.63, 3.8) is 0 Å². The standard InChI is InChI=1S/C16H19N3O4S/c1-2-22-14-6-3-4-7-15(14)24(20,21)19-11-9-13(12-19)23-16-8-5-10-17-18-16/h3-8,10,13H,2,9,11-12H2,1H3. The zero-order valence-electron chi connectivity index (χ0n) is 13.3. The summed E-state index contributed by atoms with van der Waals surface area (Å²) in [6, 6.07) is 10.1. The van der Waals surface area contributed by atoms with E-state index in [1.807, 2.05) is 6.92 Å². The molecule has 0 amide bonds. The number of ether oxygens (including phenoxy) is 2. The summed E-state index contributed by atoms with van der Waals surface area (Å²) in [4.78, 5) is 0.187. The first-order chi connectivity index (χ1) is 11.6. The third-order valence-corrected chi connectivity index (χ3v) is 5.61. The van der Waals surface area contributed by atoms with Crippen molar-refractivity contribution in [2.75, 3.05) is 19.7 Å². The Morgan fingerprint density at radius 3 is 2.83 bits per heavy atom. The van der Waals surface area contributed by atoms with Crippen molar-refractivity contribution < 1.29 is 17.9 Å². The van der Waals surface area contributed by atoms with Gasteiger partial charge in [0.2, 0.25) is 15.9 Å². The van der Waals surface area contributed by atoms with Gasteiger partial charge < -0.3 is 9.47 Å². The number of hydrogen-bond acceptors (Lipinski definition) is 6. The average Bonchev–Trinajstić information content (AvgIpc) is 3.06. The smallest absolute Gasteiger partial charge is 0.246 e. The molecule has 0 N–H and O–H groups in total. The van der Waals surface area contributed by atoms with Crippen LogP contribution in [0.4, 0.5) is 0 Å². The molecule has 1 aliphatic rings. The minimum absolute atomic E-state index is 0.187. The Balaban J connectivity index is 1.75. The minimum Gasteiger partial charge on any atom is -0.492 e. The predicted molar refractivity (Wildman–Crippen MR) is 87.4 cm³/mol. The van der Waals surface area contributed by atoms with E-state index in [2.05, 4.69) is 10.2 Å². The molecule has 1 aromatic heterocycles. The predicted octanol–water partition coefficient (Wildman–Crippen LogP) is 1.72. The van der Waals surface area contributed by atoms with Gasteiger partial charge in [-0.1, -0.05) is 12.1 Å². The second-order valence-electron chi connectivity index (χ2n) is 5.33. The summed E-state index contributed by atoms with van der Waals surface area (Å²) < 4.78 is 38.4. The van der Waals surface area contributed by atoms with Gasteiger partial charge in [-0.25, -0.2) is 8.42 Å². The highest BCUT2D eigenvalue weighted by molar-refractivity contribution is 7.89. The van der Waals surface area contributed by atoms with Crippen molar-refractivity contribution >= 4 is 10.0 Å². The van der Waals surface area contributed by atoms with E-state index in [1.165, 1.54) is 4.31 Å². The molecule has 1 unspecified atom stereocenters. The van der Waals surface area contributed by atoms with Gasteiger partial charge in [0.1, 0.15) is 16.7 Å². The Kier molecular flexibility index (Phi) is 4.96. The van der Waals surface area contributed by atoms with Gasteiger partial charge in [0.15, 0.2) is 0 Å². The summed E-state index contributed by atoms with van der Waals surface area (Å²) >= 11 is 0. The third-order valence-electron chi connectivity index (χ3n) is 3.71. The lowest BCUT2D eigenvalue weighted by Gasteiger charge is -2.18. The topological polar surface area (TPSA) is 81.6 Å². The van der Waals surface area contributed by atoms with Crippen LogP contribution in [0.2, 0.25) is 0 Å². The van der Waals surface area contributed by atoms with Crippen molar-refractivity contribution in [2.45, 2.75) is 24.3 Å². The van der Waals surface area contributed by atoms with Crippen LogP contribution in [-0.2, 0) is 10.0 Å². The van der Waals surface area contributed by atoms with E-state index in [1.54, 1.807) is 42.6 Å². The Morgan fingerprint density at radius 2 is 2.08 bits per heavy atom. The molecular weight excluding hydrogens is 330 g/mol. The van der Waals surface area contributed by atoms with E-state index in [4.69, 9.17) is 9.47 Å². The van der Waals surface area contributed by atoms with Crippen LogP contribution in [0.5, 0.6) is 11.6 Å². The molecule has 0 spiro atoms. The van der Waals surface area contributed by atoms with Crippen molar-refractivity contribution in [3.05, 3.63) is 42.6 Å². The largest absolute Gasteiger partial charge is 0.492 e. The first kappa shape index (κ1) is 16.7. The highest BCUT2D eigenvalue weighted by Crippen LogP contribution is 2.29. The number of nitrogens with zero attached hydrogens (tertiary/aromatic N) is 3. The second kappa shape index (κ2) is 7.14. The molecule has 24 heavy (non-hydrogen) atoms. The van der Waals surface area contributed by atoms with Crippen LogP contribution in [0.1, 0.15) is 13.3 Å². The Hall–Kier alpha value is -2.19. The van der Waals surface area contributed by atoms with Gasteiger partial charge in [-0.3, -0.25) is 0 Å². The zero-order valence-corrected chi connectivity index (χ0v) is 14.1. The normalized spacial score (nSPS) is 18.5. The first-order valence-corrected chi connectivity index (χ1v) is 9.21. The molecule has 1 aliphatic heterocycles. The SMILES string of the molecule is CCOc1ccccc1S(=O)(=O)N1CCC(Oc2cccnn2)C1. The monoisotopic (exact) mass is 349 g/mol. The van der Waals surface area contributed by atoms with Crippen LogP contribution in [-0.4, -0.2) is 48.7 Å². The number of hydrogen-bond donors (Lipinski definition) is 0. The van der Waals surface area contributed by atoms with Gasteiger partial charge in [0.25, 0.3) is 0 Å². The molecule has 0 radical (unpaired) electrons. The lowest BCUT2D eigenvalue weighted by Crippen LogP contribution is -2.31. The van der Waals surface area contributed by atoms with Crippen LogP contribution >= 0.6 is 0 Å². The highest BCUT2D eigenvalue weighted by atomic mass is 32.2. The fourth-order valence-corrected chi connectivity index (χ4v) is 4.23. The molecule has 8 heteroatoms. The quantitative estimate of drug-likeness (QED) is 0.790. The van der Waals surface area contributed by atoms with E-state index >= 15 is 0 Å². The average molecular weight is 349 g/mol. The molecule has 1 atom stereocenters. The molecule has 7 nitrogen and oxygen atoms in total. The maximum absolute atomic E-state index is 12.9. The zero-order chi connectivity index (χ0) is 17.0. The van der Waals surface area contributed by atoms with Gasteiger partial charge in [0.05, 0.1) is 13.2 Å². The molecule has 3 rings (SSSR count). The van der Waals surface area contributed by atoms with E-state index in [0.717, 1.165) is 0 Å². The lowest BCUT2D eigenvalue weighted by molar-refractivity contribution is 0.204. The minimum atomic E-state index is -3.62. The van der Waals surface area contributed by atoms with Crippen molar-refractivity contribution in [2.24, 2.45) is 0 Å². The van der Waals surface area contributed by atoms with Crippen LogP contribution in [0.3, 0.4) is 0 Å². The second-order valence-corrected chi connectivity index (χ2v) is 7.24. The molecule has 2 aromatic rings. The summed E-state index contributed by atoms with van der Waals surface area (Å²) in [5, 5.41) is 7.62. The van der Waals surface area contributed by atoms with E-state index in [0.29, 0.717) is 31.2 Å². The number of para-hydroxylation sites is 1. The maximum atomic E-state index is 12.9. The number of benzene rings is 1. The number of rotatable bonds is 6. The van der Waals surface area contributed by atoms with E-state index in [9.17, 15) is 8.42 Å². The van der Waals surface area contributed by atoms with Crippen molar-refractivity contribution in [3.8, 4) is 11.6 Å². The van der Waals surface area contributed by atoms with Crippen LogP contribution in [0.25, 0.3) is 0 Å². The van der Waals surface area contributed by atoms with Gasteiger partial charge in [-0.05, 0) is 31.5 Å². The Morgan fingerprint density at radius 1 is 1.25 bits per heavy atom. The number of sulfonamides is 1. The molecule has 1 saturated heterocycles. The molecular formula is C16H19N3O4S. The molecule has 0 bridgehead atoms. The summed E-state index contributed by atoms with van der Waals surface area (Å²) in [6.07, 6.45) is 1.92. The van der Waals surface area contributed by atoms with Crippen LogP contribution in [0.15, 0.2) is 47.5 Å². The molecule has 0 saturated carbocycles. The molecule has 1 aromatic carbocycles. The van der Waals surface area contributed by atoms with Gasteiger partial charge in [0, 0.05) is 18.8 Å². The van der Waals surface area contributed by atoms with Gasteiger partial charge in [-0.2, -0.15) is 9.40 Å². The summed E-state index contributed by atoms with van der Waals surface area (Å²) in [5.41, 5.74) is 0. The van der Waals surface area contributed by atoms with Gasteiger partial charge >= 0.3 is 0 Å². The summed E-state index contributed by atoms with van der Waals surface area (Å²) in [6.45, 7) is 2.90. The molecule has 2 heterocycles. The maximum Gasteiger partial charge on any atom is 0.246 e. The number of aromatic nitrogens is 2. The molecule has 128 valence electrons. The fourth-order valence-electron chi connectivity index (χ4n) is 2.61. The summed E-state index contributed by atoms with van der Waals surface area (Å²) in [5.74, 6) is 0.773. The Labute approximate surface area is 141 Å². The highest BCUT2D eigenvalue weighted by Gasteiger charge is 2.35. The van der Waals surface area contributed by atoms with Crippen molar-refractivity contribution in [1.82, 2.24) is 14.5 Å². The lowest BCUT2D eigenvalue weighted by atomic mass is 10.3. The van der Waals surface area contributed by atoms with Crippen LogP contribution < -0.4 is 9.47 Å². The molecule has 0 aliphatic carbocycles. The van der Waals surface area contributed by atoms with Crippen LogP contribution in [0, 0.1) is 0 Å². The van der Waals surface area contributed by atoms with Crippen molar-refractivity contribution in [1.29, 1.82) is 0 Å². The van der Waals surface area contributed by atoms with Gasteiger partial charge in [-0.15, -0.1) is 5.10 Å². The third kappa shape index (κ3) is 3.49. The van der Waals surface area contributed by atoms with E-state index in [-0.39, 0.29) is 17.5 Å². The fraction of sp³-hybridized carbons (Fsp3) is 0.375. The van der Waals surface area contributed by atoms with E-state index < -0.39 is 10.0 Å². The summed E-state index contributed by atoms with van der Waals surface area (Å²) in [7, 11) is -3.62. The first-order valence-electron chi connectivity index (χ1n) is 7.77.